The van der Waals surface area contributed by atoms with Gasteiger partial charge in [0.2, 0.25) is 0 Å². The van der Waals surface area contributed by atoms with Gasteiger partial charge in [-0.1, -0.05) is 54.6 Å². The fraction of sp³-hybridized carbons (Fsp3) is 0.130. The number of benzene rings is 3. The Hall–Kier alpha value is -3.18. The summed E-state index contributed by atoms with van der Waals surface area (Å²) in [4.78, 5) is 4.86. The van der Waals surface area contributed by atoms with E-state index >= 15 is 0 Å². The Kier molecular flexibility index (Phi) is 3.51. The van der Waals surface area contributed by atoms with Crippen molar-refractivity contribution in [1.82, 2.24) is 4.98 Å². The topological polar surface area (TPSA) is 36.7 Å². The van der Waals surface area contributed by atoms with Crippen molar-refractivity contribution < 1.29 is 0 Å². The molecule has 1 aromatic heterocycles. The second kappa shape index (κ2) is 5.72. The monoisotopic (exact) mass is 322 g/mol. The molecule has 0 aliphatic rings. The first kappa shape index (κ1) is 15.4. The second-order valence-electron chi connectivity index (χ2n) is 6.87. The number of nitrogens with zero attached hydrogens (tertiary/aromatic N) is 2. The molecule has 0 atom stereocenters. The Labute approximate surface area is 147 Å². The third-order valence-corrected chi connectivity index (χ3v) is 4.76. The van der Waals surface area contributed by atoms with E-state index in [1.807, 2.05) is 26.0 Å². The zero-order valence-electron chi connectivity index (χ0n) is 14.3. The van der Waals surface area contributed by atoms with Gasteiger partial charge in [0.1, 0.15) is 0 Å². The highest BCUT2D eigenvalue weighted by molar-refractivity contribution is 5.96. The van der Waals surface area contributed by atoms with Crippen LogP contribution >= 0.6 is 0 Å². The Morgan fingerprint density at radius 3 is 2.48 bits per heavy atom. The van der Waals surface area contributed by atoms with E-state index in [2.05, 4.69) is 66.7 Å². The molecule has 2 heteroatoms. The van der Waals surface area contributed by atoms with Crippen molar-refractivity contribution in [3.05, 3.63) is 78.4 Å². The Bertz CT molecular complexity index is 1130. The second-order valence-corrected chi connectivity index (χ2v) is 6.87. The number of nitriles is 1. The molecular formula is C23H18N2. The van der Waals surface area contributed by atoms with Crippen LogP contribution in [0.15, 0.2) is 72.8 Å². The highest BCUT2D eigenvalue weighted by atomic mass is 14.7. The van der Waals surface area contributed by atoms with Gasteiger partial charge in [0.15, 0.2) is 0 Å². The van der Waals surface area contributed by atoms with Crippen LogP contribution in [0.4, 0.5) is 0 Å². The van der Waals surface area contributed by atoms with E-state index in [4.69, 9.17) is 4.98 Å². The summed E-state index contributed by atoms with van der Waals surface area (Å²) in [5.41, 5.74) is 3.57. The molecule has 4 rings (SSSR count). The van der Waals surface area contributed by atoms with Gasteiger partial charge < -0.3 is 0 Å². The van der Waals surface area contributed by atoms with Gasteiger partial charge in [0, 0.05) is 10.9 Å². The lowest BCUT2D eigenvalue weighted by Gasteiger charge is -2.16. The van der Waals surface area contributed by atoms with Crippen LogP contribution in [0, 0.1) is 11.3 Å². The summed E-state index contributed by atoms with van der Waals surface area (Å²) < 4.78 is 0. The molecule has 4 aromatic rings. The third-order valence-electron chi connectivity index (χ3n) is 4.76. The molecule has 0 bridgehead atoms. The van der Waals surface area contributed by atoms with Gasteiger partial charge >= 0.3 is 0 Å². The Morgan fingerprint density at radius 1 is 0.840 bits per heavy atom. The smallest absolute Gasteiger partial charge is 0.0766 e. The van der Waals surface area contributed by atoms with E-state index in [0.29, 0.717) is 0 Å². The molecule has 0 saturated carbocycles. The van der Waals surface area contributed by atoms with Crippen molar-refractivity contribution in [3.8, 4) is 17.3 Å². The third kappa shape index (κ3) is 2.64. The fourth-order valence-electron chi connectivity index (χ4n) is 3.18. The zero-order chi connectivity index (χ0) is 17.4. The van der Waals surface area contributed by atoms with E-state index in [1.165, 1.54) is 10.8 Å². The fourth-order valence-corrected chi connectivity index (χ4v) is 3.18. The molecule has 3 aromatic carbocycles. The summed E-state index contributed by atoms with van der Waals surface area (Å²) in [6.07, 6.45) is 0. The van der Waals surface area contributed by atoms with E-state index in [0.717, 1.165) is 27.7 Å². The summed E-state index contributed by atoms with van der Waals surface area (Å²) in [6, 6.07) is 27.3. The van der Waals surface area contributed by atoms with Gasteiger partial charge in [-0.25, -0.2) is 4.98 Å². The summed E-state index contributed by atoms with van der Waals surface area (Å²) in [7, 11) is 0. The van der Waals surface area contributed by atoms with Crippen LogP contribution in [0.1, 0.15) is 19.4 Å². The molecule has 25 heavy (non-hydrogen) atoms. The molecular weight excluding hydrogens is 304 g/mol. The minimum Gasteiger partial charge on any atom is -0.248 e. The van der Waals surface area contributed by atoms with Crippen molar-refractivity contribution in [2.24, 2.45) is 0 Å². The number of fused-ring (bicyclic) bond motifs is 2. The van der Waals surface area contributed by atoms with Gasteiger partial charge in [0.25, 0.3) is 0 Å². The minimum absolute atomic E-state index is 0.498. The molecule has 0 aliphatic heterocycles. The molecule has 0 radical (unpaired) electrons. The van der Waals surface area contributed by atoms with Crippen molar-refractivity contribution in [3.63, 3.8) is 0 Å². The molecule has 0 aliphatic carbocycles. The number of pyridine rings is 1. The molecule has 0 N–H and O–H groups in total. The van der Waals surface area contributed by atoms with Crippen LogP contribution in [0.2, 0.25) is 0 Å². The normalized spacial score (nSPS) is 11.6. The first-order valence-corrected chi connectivity index (χ1v) is 8.39. The lowest BCUT2D eigenvalue weighted by molar-refractivity contribution is 0.688. The average Bonchev–Trinajstić information content (AvgIpc) is 2.66. The average molecular weight is 322 g/mol. The Morgan fingerprint density at radius 2 is 1.64 bits per heavy atom. The van der Waals surface area contributed by atoms with Crippen LogP contribution in [-0.4, -0.2) is 4.98 Å². The maximum absolute atomic E-state index is 9.35. The van der Waals surface area contributed by atoms with E-state index in [9.17, 15) is 5.26 Å². The summed E-state index contributed by atoms with van der Waals surface area (Å²) >= 11 is 0. The van der Waals surface area contributed by atoms with Crippen LogP contribution in [-0.2, 0) is 5.41 Å². The molecule has 0 amide bonds. The van der Waals surface area contributed by atoms with Crippen molar-refractivity contribution in [2.45, 2.75) is 19.3 Å². The highest BCUT2D eigenvalue weighted by Crippen LogP contribution is 2.30. The molecule has 0 unspecified atom stereocenters. The SMILES string of the molecule is CC(C)(C#N)c1ccc2nc(-c3cccc4ccccc34)ccc2c1. The predicted molar refractivity (Wildman–Crippen MR) is 103 cm³/mol. The van der Waals surface area contributed by atoms with E-state index in [-0.39, 0.29) is 0 Å². The van der Waals surface area contributed by atoms with Gasteiger partial charge in [-0.2, -0.15) is 5.26 Å². The molecule has 0 spiro atoms. The Balaban J connectivity index is 1.87. The summed E-state index contributed by atoms with van der Waals surface area (Å²) in [5, 5.41) is 12.8. The molecule has 120 valence electrons. The highest BCUT2D eigenvalue weighted by Gasteiger charge is 2.20. The molecule has 2 nitrogen and oxygen atoms in total. The summed E-state index contributed by atoms with van der Waals surface area (Å²) in [6.45, 7) is 3.87. The van der Waals surface area contributed by atoms with Gasteiger partial charge in [-0.3, -0.25) is 0 Å². The number of rotatable bonds is 2. The molecule has 0 saturated heterocycles. The number of aromatic nitrogens is 1. The largest absolute Gasteiger partial charge is 0.248 e. The minimum atomic E-state index is -0.498. The zero-order valence-corrected chi connectivity index (χ0v) is 14.3. The quantitative estimate of drug-likeness (QED) is 0.464. The van der Waals surface area contributed by atoms with Gasteiger partial charge in [0.05, 0.1) is 22.7 Å². The predicted octanol–water partition coefficient (Wildman–Crippen LogP) is 5.86. The van der Waals surface area contributed by atoms with Crippen molar-refractivity contribution in [2.75, 3.05) is 0 Å². The van der Waals surface area contributed by atoms with Crippen LogP contribution in [0.5, 0.6) is 0 Å². The number of hydrogen-bond acceptors (Lipinski definition) is 2. The molecule has 1 heterocycles. The number of hydrogen-bond donors (Lipinski definition) is 0. The van der Waals surface area contributed by atoms with E-state index < -0.39 is 5.41 Å². The van der Waals surface area contributed by atoms with Gasteiger partial charge in [-0.05, 0) is 48.4 Å². The maximum Gasteiger partial charge on any atom is 0.0766 e. The maximum atomic E-state index is 9.35. The summed E-state index contributed by atoms with van der Waals surface area (Å²) in [5.74, 6) is 0. The first-order chi connectivity index (χ1) is 12.1. The van der Waals surface area contributed by atoms with Crippen LogP contribution in [0.3, 0.4) is 0 Å². The van der Waals surface area contributed by atoms with Gasteiger partial charge in [-0.15, -0.1) is 0 Å². The van der Waals surface area contributed by atoms with E-state index in [1.54, 1.807) is 0 Å². The molecule has 0 fully saturated rings. The lowest BCUT2D eigenvalue weighted by Crippen LogP contribution is -2.13. The first-order valence-electron chi connectivity index (χ1n) is 8.39. The van der Waals surface area contributed by atoms with Crippen LogP contribution < -0.4 is 0 Å². The van der Waals surface area contributed by atoms with Crippen LogP contribution in [0.25, 0.3) is 32.9 Å². The lowest BCUT2D eigenvalue weighted by atomic mass is 9.85. The van der Waals surface area contributed by atoms with Crippen molar-refractivity contribution >= 4 is 21.7 Å². The van der Waals surface area contributed by atoms with Crippen molar-refractivity contribution in [1.29, 1.82) is 5.26 Å². The standard InChI is InChI=1S/C23H18N2/c1-23(2,15-24)18-11-13-21-17(14-18)10-12-22(25-21)20-9-5-7-16-6-3-4-8-19(16)20/h3-14H,1-2H3.